The first-order valence-corrected chi connectivity index (χ1v) is 12.6. The third-order valence-corrected chi connectivity index (χ3v) is 6.57. The maximum Gasteiger partial charge on any atom is 0.244 e. The molecule has 0 aliphatic carbocycles. The van der Waals surface area contributed by atoms with Gasteiger partial charge in [0.1, 0.15) is 11.8 Å². The number of carbonyl (C=O) groups excluding carboxylic acids is 1. The molecule has 2 atom stereocenters. The summed E-state index contributed by atoms with van der Waals surface area (Å²) in [5, 5.41) is 3.06. The summed E-state index contributed by atoms with van der Waals surface area (Å²) in [6.45, 7) is 10.3. The van der Waals surface area contributed by atoms with Crippen LogP contribution in [0.15, 0.2) is 42.5 Å². The monoisotopic (exact) mass is 446 g/mol. The number of benzene rings is 2. The van der Waals surface area contributed by atoms with Crippen LogP contribution in [0.25, 0.3) is 0 Å². The van der Waals surface area contributed by atoms with E-state index in [9.17, 15) is 13.2 Å². The Labute approximate surface area is 186 Å². The second-order valence-electron chi connectivity index (χ2n) is 7.72. The Morgan fingerprint density at radius 1 is 1.00 bits per heavy atom. The minimum absolute atomic E-state index is 0.192. The van der Waals surface area contributed by atoms with Gasteiger partial charge in [0.05, 0.1) is 24.6 Å². The van der Waals surface area contributed by atoms with Gasteiger partial charge in [-0.2, -0.15) is 0 Å². The average Bonchev–Trinajstić information content (AvgIpc) is 2.72. The van der Waals surface area contributed by atoms with Crippen LogP contribution in [0.1, 0.15) is 56.3 Å². The van der Waals surface area contributed by atoms with Crippen LogP contribution in [0, 0.1) is 13.8 Å². The zero-order valence-corrected chi connectivity index (χ0v) is 20.1. The van der Waals surface area contributed by atoms with Gasteiger partial charge in [-0.3, -0.25) is 9.10 Å². The molecule has 6 nitrogen and oxygen atoms in total. The van der Waals surface area contributed by atoms with Crippen LogP contribution >= 0.6 is 0 Å². The molecule has 1 N–H and O–H groups in total. The van der Waals surface area contributed by atoms with Gasteiger partial charge in [-0.25, -0.2) is 8.42 Å². The predicted molar refractivity (Wildman–Crippen MR) is 126 cm³/mol. The maximum atomic E-state index is 13.3. The fraction of sp³-hybridized carbons (Fsp3) is 0.458. The Morgan fingerprint density at radius 2 is 1.65 bits per heavy atom. The molecule has 0 saturated heterocycles. The van der Waals surface area contributed by atoms with Crippen LogP contribution in [-0.2, 0) is 14.8 Å². The zero-order chi connectivity index (χ0) is 23.2. The molecule has 31 heavy (non-hydrogen) atoms. The molecule has 2 aromatic rings. The maximum absolute atomic E-state index is 13.3. The van der Waals surface area contributed by atoms with Crippen molar-refractivity contribution in [2.75, 3.05) is 17.2 Å². The van der Waals surface area contributed by atoms with Crippen LogP contribution < -0.4 is 14.4 Å². The molecule has 0 spiro atoms. The molecule has 0 unspecified atom stereocenters. The van der Waals surface area contributed by atoms with Crippen LogP contribution in [0.4, 0.5) is 5.69 Å². The van der Waals surface area contributed by atoms with E-state index < -0.39 is 16.1 Å². The molecule has 7 heteroatoms. The molecule has 0 saturated carbocycles. The van der Waals surface area contributed by atoms with Crippen molar-refractivity contribution in [2.24, 2.45) is 0 Å². The highest BCUT2D eigenvalue weighted by atomic mass is 32.2. The number of ether oxygens (including phenoxy) is 1. The number of rotatable bonds is 10. The fourth-order valence-electron chi connectivity index (χ4n) is 3.59. The number of sulfonamides is 1. The van der Waals surface area contributed by atoms with Crippen molar-refractivity contribution < 1.29 is 17.9 Å². The third kappa shape index (κ3) is 6.23. The summed E-state index contributed by atoms with van der Waals surface area (Å²) in [7, 11) is -3.69. The highest BCUT2D eigenvalue weighted by Crippen LogP contribution is 2.26. The smallest absolute Gasteiger partial charge is 0.244 e. The van der Waals surface area contributed by atoms with E-state index in [-0.39, 0.29) is 11.9 Å². The summed E-state index contributed by atoms with van der Waals surface area (Å²) < 4.78 is 32.0. The molecule has 0 aliphatic heterocycles. The number of hydrogen-bond acceptors (Lipinski definition) is 4. The molecule has 170 valence electrons. The summed E-state index contributed by atoms with van der Waals surface area (Å²) in [4.78, 5) is 13.3. The second kappa shape index (κ2) is 10.7. The van der Waals surface area contributed by atoms with E-state index in [1.807, 2.05) is 46.8 Å². The molecule has 0 bridgehead atoms. The van der Waals surface area contributed by atoms with Crippen molar-refractivity contribution in [3.05, 3.63) is 59.2 Å². The van der Waals surface area contributed by atoms with Crippen LogP contribution in [0.2, 0.25) is 0 Å². The highest BCUT2D eigenvalue weighted by Gasteiger charge is 2.32. The lowest BCUT2D eigenvalue weighted by Crippen LogP contribution is -2.50. The normalized spacial score (nSPS) is 13.4. The molecule has 2 rings (SSSR count). The molecule has 0 heterocycles. The van der Waals surface area contributed by atoms with Gasteiger partial charge in [0, 0.05) is 0 Å². The van der Waals surface area contributed by atoms with E-state index in [1.165, 1.54) is 9.87 Å². The lowest BCUT2D eigenvalue weighted by Gasteiger charge is -2.31. The van der Waals surface area contributed by atoms with Crippen LogP contribution in [0.5, 0.6) is 5.75 Å². The molecule has 0 aromatic heterocycles. The Morgan fingerprint density at radius 3 is 2.13 bits per heavy atom. The lowest BCUT2D eigenvalue weighted by atomic mass is 9.99. The van der Waals surface area contributed by atoms with Crippen molar-refractivity contribution in [3.63, 3.8) is 0 Å². The van der Waals surface area contributed by atoms with Gasteiger partial charge in [0.2, 0.25) is 15.9 Å². The molecule has 1 amide bonds. The largest absolute Gasteiger partial charge is 0.494 e. The van der Waals surface area contributed by atoms with E-state index in [2.05, 4.69) is 11.4 Å². The van der Waals surface area contributed by atoms with Gasteiger partial charge < -0.3 is 10.1 Å². The average molecular weight is 447 g/mol. The molecular weight excluding hydrogens is 412 g/mol. The number of carbonyl (C=O) groups is 1. The first-order chi connectivity index (χ1) is 14.6. The van der Waals surface area contributed by atoms with Crippen molar-refractivity contribution in [3.8, 4) is 5.75 Å². The predicted octanol–water partition coefficient (Wildman–Crippen LogP) is 4.51. The van der Waals surface area contributed by atoms with E-state index >= 15 is 0 Å². The van der Waals surface area contributed by atoms with Gasteiger partial charge >= 0.3 is 0 Å². The van der Waals surface area contributed by atoms with Gasteiger partial charge in [-0.1, -0.05) is 32.0 Å². The summed E-state index contributed by atoms with van der Waals surface area (Å²) >= 11 is 0. The standard InChI is InChI=1S/C24H34N2O4S/c1-7-22(19-11-10-17(4)18(5)16-19)25-24(27)23(8-2)26(31(6,28)29)20-12-14-21(15-13-20)30-9-3/h10-16,22-23H,7-9H2,1-6H3,(H,25,27)/t22-,23-/m0/s1. The molecular formula is C24H34N2O4S. The van der Waals surface area contributed by atoms with Crippen molar-refractivity contribution in [1.82, 2.24) is 5.32 Å². The SMILES string of the molecule is CCOc1ccc(N([C@@H](CC)C(=O)N[C@@H](CC)c2ccc(C)c(C)c2)S(C)(=O)=O)cc1. The summed E-state index contributed by atoms with van der Waals surface area (Å²) in [5.41, 5.74) is 3.80. The highest BCUT2D eigenvalue weighted by molar-refractivity contribution is 7.92. The summed E-state index contributed by atoms with van der Waals surface area (Å²) in [6, 6.07) is 11.8. The van der Waals surface area contributed by atoms with Gasteiger partial charge in [-0.15, -0.1) is 0 Å². The first-order valence-electron chi connectivity index (χ1n) is 10.7. The van der Waals surface area contributed by atoms with E-state index in [4.69, 9.17) is 4.74 Å². The Hall–Kier alpha value is -2.54. The minimum Gasteiger partial charge on any atom is -0.494 e. The van der Waals surface area contributed by atoms with E-state index in [1.54, 1.807) is 24.3 Å². The van der Waals surface area contributed by atoms with Crippen LogP contribution in [0.3, 0.4) is 0 Å². The van der Waals surface area contributed by atoms with E-state index in [0.717, 1.165) is 17.4 Å². The zero-order valence-electron chi connectivity index (χ0n) is 19.3. The fourth-order valence-corrected chi connectivity index (χ4v) is 4.80. The van der Waals surface area contributed by atoms with E-state index in [0.29, 0.717) is 30.9 Å². The topological polar surface area (TPSA) is 75.7 Å². The van der Waals surface area contributed by atoms with Crippen molar-refractivity contribution in [1.29, 1.82) is 0 Å². The Kier molecular flexibility index (Phi) is 8.51. The molecule has 0 radical (unpaired) electrons. The second-order valence-corrected chi connectivity index (χ2v) is 9.58. The first kappa shape index (κ1) is 24.7. The number of nitrogens with zero attached hydrogens (tertiary/aromatic N) is 1. The third-order valence-electron chi connectivity index (χ3n) is 5.39. The molecule has 2 aromatic carbocycles. The molecule has 0 aliphatic rings. The quantitative estimate of drug-likeness (QED) is 0.582. The number of hydrogen-bond donors (Lipinski definition) is 1. The summed E-state index contributed by atoms with van der Waals surface area (Å²) in [5.74, 6) is 0.338. The molecule has 0 fully saturated rings. The minimum atomic E-state index is -3.69. The number of anilines is 1. The number of nitrogens with one attached hydrogen (secondary N) is 1. The number of aryl methyl sites for hydroxylation is 2. The van der Waals surface area contributed by atoms with Crippen molar-refractivity contribution in [2.45, 2.75) is 59.5 Å². The Bertz CT molecular complexity index is 987. The number of amides is 1. The van der Waals surface area contributed by atoms with Gasteiger partial charge in [0.15, 0.2) is 0 Å². The van der Waals surface area contributed by atoms with Crippen molar-refractivity contribution >= 4 is 21.6 Å². The van der Waals surface area contributed by atoms with Crippen LogP contribution in [-0.4, -0.2) is 33.2 Å². The summed E-state index contributed by atoms with van der Waals surface area (Å²) in [6.07, 6.45) is 2.17. The van der Waals surface area contributed by atoms with Gasteiger partial charge in [-0.05, 0) is 74.6 Å². The lowest BCUT2D eigenvalue weighted by molar-refractivity contribution is -0.123. The van der Waals surface area contributed by atoms with Gasteiger partial charge in [0.25, 0.3) is 0 Å². The Balaban J connectivity index is 2.33.